The molecule has 6 heteroatoms. The van der Waals surface area contributed by atoms with Gasteiger partial charge < -0.3 is 0 Å². The highest BCUT2D eigenvalue weighted by Gasteiger charge is 2.32. The molecule has 1 aromatic carbocycles. The highest BCUT2D eigenvalue weighted by atomic mass is 127. The Morgan fingerprint density at radius 3 is 2.68 bits per heavy atom. The maximum Gasteiger partial charge on any atom is 0.242 e. The second-order valence-electron chi connectivity index (χ2n) is 4.35. The Morgan fingerprint density at radius 2 is 2.05 bits per heavy atom. The summed E-state index contributed by atoms with van der Waals surface area (Å²) in [6.07, 6.45) is 2.18. The summed E-state index contributed by atoms with van der Waals surface area (Å²) in [6.45, 7) is 2.12. The molecule has 0 aromatic heterocycles. The molecule has 0 spiro atoms. The van der Waals surface area contributed by atoms with Crippen molar-refractivity contribution in [2.75, 3.05) is 11.5 Å². The molecule has 1 fully saturated rings. The quantitative estimate of drug-likeness (QED) is 0.474. The van der Waals surface area contributed by atoms with Crippen LogP contribution in [-0.4, -0.2) is 27.7 Å². The number of hydrazone groups is 1. The predicted octanol–water partition coefficient (Wildman–Crippen LogP) is 3.33. The second kappa shape index (κ2) is 6.99. The van der Waals surface area contributed by atoms with E-state index in [1.807, 2.05) is 47.8 Å². The molecule has 102 valence electrons. The molecule has 19 heavy (non-hydrogen) atoms. The van der Waals surface area contributed by atoms with Crippen LogP contribution in [-0.2, 0) is 4.79 Å². The molecule has 1 N–H and O–H groups in total. The highest BCUT2D eigenvalue weighted by Crippen LogP contribution is 2.45. The minimum atomic E-state index is -0.0221. The number of benzene rings is 1. The van der Waals surface area contributed by atoms with Crippen molar-refractivity contribution in [2.45, 2.75) is 17.4 Å². The lowest BCUT2D eigenvalue weighted by Gasteiger charge is -2.19. The fraction of sp³-hybridized carbons (Fsp3) is 0.385. The maximum absolute atomic E-state index is 11.8. The zero-order valence-electron chi connectivity index (χ0n) is 10.6. The average Bonchev–Trinajstić information content (AvgIpc) is 2.78. The summed E-state index contributed by atoms with van der Waals surface area (Å²) in [7, 11) is 0. The smallest absolute Gasteiger partial charge is 0.242 e. The summed E-state index contributed by atoms with van der Waals surface area (Å²) in [5.41, 5.74) is 3.58. The van der Waals surface area contributed by atoms with E-state index in [2.05, 4.69) is 40.0 Å². The van der Waals surface area contributed by atoms with Crippen LogP contribution in [0.4, 0.5) is 0 Å². The summed E-state index contributed by atoms with van der Waals surface area (Å²) in [5, 5.41) is 4.00. The summed E-state index contributed by atoms with van der Waals surface area (Å²) in [5.74, 6) is 2.23. The van der Waals surface area contributed by atoms with Gasteiger partial charge in [0.05, 0.1) is 16.7 Å². The lowest BCUT2D eigenvalue weighted by atomic mass is 10.2. The van der Waals surface area contributed by atoms with Gasteiger partial charge >= 0.3 is 0 Å². The van der Waals surface area contributed by atoms with Crippen LogP contribution in [0, 0.1) is 3.57 Å². The minimum Gasteiger partial charge on any atom is -0.273 e. The Balaban J connectivity index is 1.81. The van der Waals surface area contributed by atoms with Gasteiger partial charge in [-0.05, 0) is 47.2 Å². The van der Waals surface area contributed by atoms with Crippen molar-refractivity contribution < 1.29 is 4.79 Å². The third kappa shape index (κ3) is 5.00. The molecule has 0 bridgehead atoms. The number of nitrogens with one attached hydrogen (secondary N) is 1. The highest BCUT2D eigenvalue weighted by molar-refractivity contribution is 14.1. The number of rotatable bonds is 4. The van der Waals surface area contributed by atoms with Gasteiger partial charge in [0.25, 0.3) is 0 Å². The number of halogens is 1. The Morgan fingerprint density at radius 1 is 1.42 bits per heavy atom. The van der Waals surface area contributed by atoms with Crippen molar-refractivity contribution in [2.24, 2.45) is 5.10 Å². The number of thioether (sulfide) groups is 2. The molecule has 0 aliphatic carbocycles. The van der Waals surface area contributed by atoms with Crippen molar-refractivity contribution >= 4 is 58.2 Å². The number of carbonyl (C=O) groups is 1. The van der Waals surface area contributed by atoms with Gasteiger partial charge in [-0.25, -0.2) is 5.43 Å². The number of carbonyl (C=O) groups excluding carboxylic acids is 1. The second-order valence-corrected chi connectivity index (χ2v) is 9.05. The van der Waals surface area contributed by atoms with Crippen molar-refractivity contribution in [3.63, 3.8) is 0 Å². The van der Waals surface area contributed by atoms with Gasteiger partial charge in [-0.15, -0.1) is 23.5 Å². The molecular weight excluding hydrogens is 391 g/mol. The van der Waals surface area contributed by atoms with Crippen LogP contribution in [0.5, 0.6) is 0 Å². The van der Waals surface area contributed by atoms with E-state index in [4.69, 9.17) is 0 Å². The summed E-state index contributed by atoms with van der Waals surface area (Å²) >= 11 is 5.96. The van der Waals surface area contributed by atoms with Crippen LogP contribution in [0.3, 0.4) is 0 Å². The van der Waals surface area contributed by atoms with Crippen LogP contribution in [0.15, 0.2) is 29.4 Å². The molecule has 0 atom stereocenters. The molecule has 3 nitrogen and oxygen atoms in total. The van der Waals surface area contributed by atoms with Crippen molar-refractivity contribution in [1.82, 2.24) is 5.43 Å². The molecule has 1 heterocycles. The molecule has 0 radical (unpaired) electrons. The number of hydrogen-bond donors (Lipinski definition) is 1. The van der Waals surface area contributed by atoms with Gasteiger partial charge in [0.1, 0.15) is 0 Å². The van der Waals surface area contributed by atoms with E-state index in [1.54, 1.807) is 6.21 Å². The maximum atomic E-state index is 11.8. The van der Waals surface area contributed by atoms with Crippen molar-refractivity contribution in [3.05, 3.63) is 33.4 Å². The van der Waals surface area contributed by atoms with Crippen LogP contribution in [0.1, 0.15) is 18.9 Å². The standard InChI is InChI=1S/C13H15IN2OS2/c1-13(18-6-7-19-13)8-12(17)16-15-9-10-2-4-11(14)5-3-10/h2-5,9H,6-8H2,1H3,(H,16,17)/b15-9+. The largest absolute Gasteiger partial charge is 0.273 e. The molecule has 1 aromatic rings. The first kappa shape index (κ1) is 15.2. The fourth-order valence-corrected chi connectivity index (χ4v) is 4.91. The van der Waals surface area contributed by atoms with E-state index >= 15 is 0 Å². The van der Waals surface area contributed by atoms with Gasteiger partial charge in [0, 0.05) is 15.1 Å². The van der Waals surface area contributed by atoms with Gasteiger partial charge in [0.15, 0.2) is 0 Å². The summed E-state index contributed by atoms with van der Waals surface area (Å²) in [4.78, 5) is 11.8. The summed E-state index contributed by atoms with van der Waals surface area (Å²) < 4.78 is 1.20. The Bertz CT molecular complexity index is 470. The lowest BCUT2D eigenvalue weighted by Crippen LogP contribution is -2.26. The molecule has 0 saturated carbocycles. The monoisotopic (exact) mass is 406 g/mol. The number of nitrogens with zero attached hydrogens (tertiary/aromatic N) is 1. The van der Waals surface area contributed by atoms with Gasteiger partial charge in [-0.3, -0.25) is 4.79 Å². The Hall–Kier alpha value is -0.210. The van der Waals surface area contributed by atoms with Gasteiger partial charge in [-0.2, -0.15) is 5.10 Å². The Labute approximate surface area is 135 Å². The fourth-order valence-electron chi connectivity index (χ4n) is 1.72. The topological polar surface area (TPSA) is 41.5 Å². The van der Waals surface area contributed by atoms with Crippen molar-refractivity contribution in [3.8, 4) is 0 Å². The molecule has 1 aliphatic heterocycles. The van der Waals surface area contributed by atoms with Gasteiger partial charge in [0.2, 0.25) is 5.91 Å². The normalized spacial score (nSPS) is 17.8. The molecule has 1 saturated heterocycles. The molecule has 0 unspecified atom stereocenters. The average molecular weight is 406 g/mol. The van der Waals surface area contributed by atoms with Crippen LogP contribution in [0.2, 0.25) is 0 Å². The van der Waals surface area contributed by atoms with E-state index < -0.39 is 0 Å². The summed E-state index contributed by atoms with van der Waals surface area (Å²) in [6, 6.07) is 7.97. The third-order valence-electron chi connectivity index (χ3n) is 2.65. The van der Waals surface area contributed by atoms with E-state index in [0.717, 1.165) is 17.1 Å². The lowest BCUT2D eigenvalue weighted by molar-refractivity contribution is -0.121. The van der Waals surface area contributed by atoms with Crippen LogP contribution < -0.4 is 5.43 Å². The van der Waals surface area contributed by atoms with E-state index in [-0.39, 0.29) is 9.99 Å². The van der Waals surface area contributed by atoms with Crippen LogP contribution >= 0.6 is 46.1 Å². The Kier molecular flexibility index (Phi) is 5.58. The first-order valence-corrected chi connectivity index (χ1v) is 8.98. The number of amides is 1. The van der Waals surface area contributed by atoms with E-state index in [9.17, 15) is 4.79 Å². The zero-order chi connectivity index (χ0) is 13.7. The molecule has 1 amide bonds. The van der Waals surface area contributed by atoms with Gasteiger partial charge in [-0.1, -0.05) is 12.1 Å². The van der Waals surface area contributed by atoms with Crippen molar-refractivity contribution in [1.29, 1.82) is 0 Å². The predicted molar refractivity (Wildman–Crippen MR) is 92.8 cm³/mol. The zero-order valence-corrected chi connectivity index (χ0v) is 14.3. The van der Waals surface area contributed by atoms with Crippen LogP contribution in [0.25, 0.3) is 0 Å². The van der Waals surface area contributed by atoms with E-state index in [1.165, 1.54) is 3.57 Å². The molecule has 1 aliphatic rings. The SMILES string of the molecule is CC1(CC(=O)N/N=C/c2ccc(I)cc2)SCCS1. The third-order valence-corrected chi connectivity index (χ3v) is 6.66. The number of hydrogen-bond acceptors (Lipinski definition) is 4. The first-order valence-electron chi connectivity index (χ1n) is 5.93. The minimum absolute atomic E-state index is 0.0163. The van der Waals surface area contributed by atoms with E-state index in [0.29, 0.717) is 6.42 Å². The first-order chi connectivity index (χ1) is 9.07. The molecule has 2 rings (SSSR count). The molecular formula is C13H15IN2OS2.